The van der Waals surface area contributed by atoms with Crippen LogP contribution in [0.4, 0.5) is 0 Å². The molecule has 1 aromatic rings. The summed E-state index contributed by atoms with van der Waals surface area (Å²) >= 11 is 0. The van der Waals surface area contributed by atoms with Crippen LogP contribution in [-0.4, -0.2) is 30.7 Å². The molecule has 0 aromatic heterocycles. The first-order valence-corrected chi connectivity index (χ1v) is 6.42. The average Bonchev–Trinajstić information content (AvgIpc) is 2.66. The van der Waals surface area contributed by atoms with Crippen molar-refractivity contribution in [1.82, 2.24) is 5.06 Å². The third kappa shape index (κ3) is 4.47. The third-order valence-corrected chi connectivity index (χ3v) is 2.87. The summed E-state index contributed by atoms with van der Waals surface area (Å²) in [4.78, 5) is 17.1. The number of nitrogens with zero attached hydrogens (tertiary/aromatic N) is 1. The number of hydroxylamine groups is 2. The number of rotatable bonds is 4. The largest absolute Gasteiger partial charge is 0.460 e. The maximum Gasteiger partial charge on any atom is 0.322 e. The zero-order valence-corrected chi connectivity index (χ0v) is 10.5. The summed E-state index contributed by atoms with van der Waals surface area (Å²) in [5, 5.41) is 1.71. The Morgan fingerprint density at radius 2 is 2.06 bits per heavy atom. The molecule has 4 nitrogen and oxygen atoms in total. The Kier molecular flexibility index (Phi) is 5.17. The highest BCUT2D eigenvalue weighted by Gasteiger charge is 2.14. The van der Waals surface area contributed by atoms with E-state index in [-0.39, 0.29) is 12.5 Å². The van der Waals surface area contributed by atoms with E-state index >= 15 is 0 Å². The van der Waals surface area contributed by atoms with Crippen LogP contribution in [-0.2, 0) is 21.0 Å². The Hall–Kier alpha value is -1.39. The molecule has 18 heavy (non-hydrogen) atoms. The lowest BCUT2D eigenvalue weighted by atomic mass is 10.2. The summed E-state index contributed by atoms with van der Waals surface area (Å²) in [6.07, 6.45) is 3.30. The molecule has 0 unspecified atom stereocenters. The molecule has 0 N–H and O–H groups in total. The van der Waals surface area contributed by atoms with E-state index in [0.29, 0.717) is 13.2 Å². The van der Waals surface area contributed by atoms with Crippen molar-refractivity contribution < 1.29 is 14.4 Å². The lowest BCUT2D eigenvalue weighted by molar-refractivity contribution is -0.177. The Balaban J connectivity index is 1.71. The molecule has 0 aliphatic carbocycles. The monoisotopic (exact) mass is 249 g/mol. The van der Waals surface area contributed by atoms with Crippen molar-refractivity contribution in [1.29, 1.82) is 0 Å². The summed E-state index contributed by atoms with van der Waals surface area (Å²) in [5.41, 5.74) is 1.00. The van der Waals surface area contributed by atoms with E-state index in [0.717, 1.165) is 31.4 Å². The van der Waals surface area contributed by atoms with Crippen LogP contribution in [0.2, 0.25) is 0 Å². The highest BCUT2D eigenvalue weighted by molar-refractivity contribution is 5.71. The Labute approximate surface area is 107 Å². The highest BCUT2D eigenvalue weighted by atomic mass is 16.7. The minimum absolute atomic E-state index is 0.215. The van der Waals surface area contributed by atoms with Gasteiger partial charge >= 0.3 is 5.97 Å². The molecular formula is C14H19NO3. The van der Waals surface area contributed by atoms with Crippen molar-refractivity contribution in [3.05, 3.63) is 35.9 Å². The van der Waals surface area contributed by atoms with Gasteiger partial charge in [-0.3, -0.25) is 9.63 Å². The molecule has 1 aliphatic rings. The molecule has 0 spiro atoms. The summed E-state index contributed by atoms with van der Waals surface area (Å²) in [5.74, 6) is -0.235. The number of benzene rings is 1. The molecule has 0 bridgehead atoms. The third-order valence-electron chi connectivity index (χ3n) is 2.87. The molecule has 1 aromatic carbocycles. The van der Waals surface area contributed by atoms with E-state index < -0.39 is 0 Å². The van der Waals surface area contributed by atoms with Gasteiger partial charge in [0, 0.05) is 6.54 Å². The van der Waals surface area contributed by atoms with E-state index in [1.165, 1.54) is 0 Å². The molecule has 0 saturated carbocycles. The molecule has 0 atom stereocenters. The molecule has 2 rings (SSSR count). The first-order chi connectivity index (χ1) is 8.84. The Bertz CT molecular complexity index is 359. The van der Waals surface area contributed by atoms with E-state index in [4.69, 9.17) is 9.57 Å². The molecule has 1 aliphatic heterocycles. The van der Waals surface area contributed by atoms with Gasteiger partial charge in [0.25, 0.3) is 0 Å². The zero-order valence-electron chi connectivity index (χ0n) is 10.5. The minimum Gasteiger partial charge on any atom is -0.460 e. The molecule has 1 fully saturated rings. The van der Waals surface area contributed by atoms with Crippen molar-refractivity contribution in [2.45, 2.75) is 25.9 Å². The fraction of sp³-hybridized carbons (Fsp3) is 0.500. The Morgan fingerprint density at radius 1 is 1.22 bits per heavy atom. The summed E-state index contributed by atoms with van der Waals surface area (Å²) in [7, 11) is 0. The smallest absolute Gasteiger partial charge is 0.322 e. The van der Waals surface area contributed by atoms with Crippen LogP contribution in [0.3, 0.4) is 0 Å². The molecule has 98 valence electrons. The molecule has 1 saturated heterocycles. The first-order valence-electron chi connectivity index (χ1n) is 6.42. The van der Waals surface area contributed by atoms with E-state index in [1.807, 2.05) is 30.3 Å². The van der Waals surface area contributed by atoms with Crippen LogP contribution < -0.4 is 0 Å². The van der Waals surface area contributed by atoms with Gasteiger partial charge in [0.2, 0.25) is 0 Å². The fourth-order valence-corrected chi connectivity index (χ4v) is 1.88. The first kappa shape index (κ1) is 13.1. The van der Waals surface area contributed by atoms with Gasteiger partial charge in [-0.1, -0.05) is 30.3 Å². The van der Waals surface area contributed by atoms with Crippen LogP contribution in [0.5, 0.6) is 0 Å². The van der Waals surface area contributed by atoms with Crippen LogP contribution in [0, 0.1) is 0 Å². The lowest BCUT2D eigenvalue weighted by Crippen LogP contribution is -2.31. The number of carbonyl (C=O) groups is 1. The number of esters is 1. The standard InChI is InChI=1S/C14H19NO3/c16-14(11-15-9-5-2-6-10-18-15)17-12-13-7-3-1-4-8-13/h1,3-4,7-8H,2,5-6,9-12H2. The number of carbonyl (C=O) groups excluding carboxylic acids is 1. The van der Waals surface area contributed by atoms with E-state index in [9.17, 15) is 4.79 Å². The van der Waals surface area contributed by atoms with Gasteiger partial charge < -0.3 is 4.74 Å². The molecule has 0 radical (unpaired) electrons. The number of ether oxygens (including phenoxy) is 1. The van der Waals surface area contributed by atoms with Gasteiger partial charge in [-0.25, -0.2) is 0 Å². The van der Waals surface area contributed by atoms with Crippen molar-refractivity contribution in [3.63, 3.8) is 0 Å². The fourth-order valence-electron chi connectivity index (χ4n) is 1.88. The minimum atomic E-state index is -0.235. The second-order valence-electron chi connectivity index (χ2n) is 4.40. The van der Waals surface area contributed by atoms with Crippen molar-refractivity contribution in [3.8, 4) is 0 Å². The van der Waals surface area contributed by atoms with Crippen LogP contribution in [0.1, 0.15) is 24.8 Å². The van der Waals surface area contributed by atoms with Crippen LogP contribution in [0.25, 0.3) is 0 Å². The van der Waals surface area contributed by atoms with E-state index in [2.05, 4.69) is 0 Å². The average molecular weight is 249 g/mol. The second-order valence-corrected chi connectivity index (χ2v) is 4.40. The predicted molar refractivity (Wildman–Crippen MR) is 67.6 cm³/mol. The Morgan fingerprint density at radius 3 is 2.89 bits per heavy atom. The second kappa shape index (κ2) is 7.13. The SMILES string of the molecule is O=C(CN1CCCCCO1)OCc1ccccc1. The van der Waals surface area contributed by atoms with Gasteiger partial charge in [-0.2, -0.15) is 5.06 Å². The molecule has 4 heteroatoms. The van der Waals surface area contributed by atoms with E-state index in [1.54, 1.807) is 5.06 Å². The van der Waals surface area contributed by atoms with Gasteiger partial charge in [-0.15, -0.1) is 0 Å². The maximum absolute atomic E-state index is 11.7. The van der Waals surface area contributed by atoms with Crippen LogP contribution >= 0.6 is 0 Å². The van der Waals surface area contributed by atoms with Crippen molar-refractivity contribution in [2.24, 2.45) is 0 Å². The van der Waals surface area contributed by atoms with Crippen molar-refractivity contribution >= 4 is 5.97 Å². The molecule has 0 amide bonds. The van der Waals surface area contributed by atoms with Gasteiger partial charge in [-0.05, 0) is 24.8 Å². The van der Waals surface area contributed by atoms with Gasteiger partial charge in [0.05, 0.1) is 6.61 Å². The number of hydrogen-bond donors (Lipinski definition) is 0. The predicted octanol–water partition coefficient (Wildman–Crippen LogP) is 2.15. The topological polar surface area (TPSA) is 38.8 Å². The van der Waals surface area contributed by atoms with Crippen LogP contribution in [0.15, 0.2) is 30.3 Å². The normalized spacial score (nSPS) is 17.1. The molecular weight excluding hydrogens is 230 g/mol. The molecule has 1 heterocycles. The van der Waals surface area contributed by atoms with Gasteiger partial charge in [0.15, 0.2) is 0 Å². The lowest BCUT2D eigenvalue weighted by Gasteiger charge is -2.17. The van der Waals surface area contributed by atoms with Crippen molar-refractivity contribution in [2.75, 3.05) is 19.7 Å². The quantitative estimate of drug-likeness (QED) is 0.766. The summed E-state index contributed by atoms with van der Waals surface area (Å²) < 4.78 is 5.21. The van der Waals surface area contributed by atoms with Gasteiger partial charge in [0.1, 0.15) is 13.2 Å². The maximum atomic E-state index is 11.7. The summed E-state index contributed by atoms with van der Waals surface area (Å²) in [6, 6.07) is 9.68. The number of hydrogen-bond acceptors (Lipinski definition) is 4. The zero-order chi connectivity index (χ0) is 12.6. The summed E-state index contributed by atoms with van der Waals surface area (Å²) in [6.45, 7) is 2.05. The highest BCUT2D eigenvalue weighted by Crippen LogP contribution is 2.07.